The van der Waals surface area contributed by atoms with Gasteiger partial charge in [0.2, 0.25) is 11.8 Å². The predicted octanol–water partition coefficient (Wildman–Crippen LogP) is 4.34. The van der Waals surface area contributed by atoms with E-state index in [1.165, 1.54) is 0 Å². The summed E-state index contributed by atoms with van der Waals surface area (Å²) in [7, 11) is 0. The summed E-state index contributed by atoms with van der Waals surface area (Å²) in [5, 5.41) is 6.87. The molecule has 0 saturated heterocycles. The minimum Gasteiger partial charge on any atom is -0.374 e. The second-order valence-corrected chi connectivity index (χ2v) is 7.09. The fourth-order valence-electron chi connectivity index (χ4n) is 2.97. The van der Waals surface area contributed by atoms with Crippen molar-refractivity contribution in [3.63, 3.8) is 0 Å². The maximum atomic E-state index is 12.4. The third-order valence-electron chi connectivity index (χ3n) is 4.32. The zero-order valence-electron chi connectivity index (χ0n) is 14.5. The maximum absolute atomic E-state index is 12.4. The number of nitrogens with zero attached hydrogens (tertiary/aromatic N) is 1. The summed E-state index contributed by atoms with van der Waals surface area (Å²) in [6, 6.07) is 10.2. The van der Waals surface area contributed by atoms with Gasteiger partial charge in [-0.25, -0.2) is 0 Å². The van der Waals surface area contributed by atoms with Crippen LogP contribution in [0.15, 0.2) is 36.4 Å². The van der Waals surface area contributed by atoms with Crippen molar-refractivity contribution in [3.05, 3.63) is 52.0 Å². The number of fused-ring (bicyclic) bond motifs is 1. The molecule has 0 unspecified atom stereocenters. The first-order valence-electron chi connectivity index (χ1n) is 8.28. The van der Waals surface area contributed by atoms with Crippen molar-refractivity contribution in [2.75, 3.05) is 22.1 Å². The van der Waals surface area contributed by atoms with Crippen molar-refractivity contribution < 1.29 is 9.59 Å². The van der Waals surface area contributed by atoms with E-state index in [1.54, 1.807) is 36.9 Å². The van der Waals surface area contributed by atoms with E-state index in [1.807, 2.05) is 18.2 Å². The number of nitrogens with one attached hydrogen (secondary N) is 2. The summed E-state index contributed by atoms with van der Waals surface area (Å²) in [5.74, 6) is -0.169. The number of anilines is 3. The highest BCUT2D eigenvalue weighted by molar-refractivity contribution is 6.36. The van der Waals surface area contributed by atoms with Crippen molar-refractivity contribution in [2.24, 2.45) is 0 Å². The standard InChI is InChI=1S/C19H19Cl2N3O2/c1-11(19(26)23-17-5-3-14(20)10-16(17)21)22-15-4-6-18-13(9-15)7-8-24(18)12(2)25/h3-6,9-11,22H,7-8H2,1-2H3,(H,23,26)/t11-/m0/s1. The molecular formula is C19H19Cl2N3O2. The van der Waals surface area contributed by atoms with Gasteiger partial charge in [0.05, 0.1) is 10.7 Å². The van der Waals surface area contributed by atoms with Gasteiger partial charge in [0, 0.05) is 29.9 Å². The van der Waals surface area contributed by atoms with Crippen molar-refractivity contribution in [1.82, 2.24) is 0 Å². The largest absolute Gasteiger partial charge is 0.374 e. The SMILES string of the molecule is CC(=O)N1CCc2cc(N[C@@H](C)C(=O)Nc3ccc(Cl)cc3Cl)ccc21. The van der Waals surface area contributed by atoms with Crippen molar-refractivity contribution in [2.45, 2.75) is 26.3 Å². The number of hydrogen-bond acceptors (Lipinski definition) is 3. The molecule has 0 aliphatic carbocycles. The molecule has 2 aromatic carbocycles. The molecule has 1 aliphatic heterocycles. The minimum absolute atomic E-state index is 0.0389. The third kappa shape index (κ3) is 3.94. The van der Waals surface area contributed by atoms with Crippen molar-refractivity contribution >= 4 is 52.1 Å². The zero-order valence-corrected chi connectivity index (χ0v) is 16.0. The van der Waals surface area contributed by atoms with Crippen LogP contribution < -0.4 is 15.5 Å². The fourth-order valence-corrected chi connectivity index (χ4v) is 3.42. The highest BCUT2D eigenvalue weighted by atomic mass is 35.5. The quantitative estimate of drug-likeness (QED) is 0.814. The van der Waals surface area contributed by atoms with Gasteiger partial charge in [0.1, 0.15) is 6.04 Å². The summed E-state index contributed by atoms with van der Waals surface area (Å²) in [6.07, 6.45) is 0.811. The Bertz CT molecular complexity index is 870. The molecule has 136 valence electrons. The van der Waals surface area contributed by atoms with E-state index in [2.05, 4.69) is 10.6 Å². The molecule has 26 heavy (non-hydrogen) atoms. The van der Waals surface area contributed by atoms with Crippen LogP contribution in [0.25, 0.3) is 0 Å². The Hall–Kier alpha value is -2.24. The monoisotopic (exact) mass is 391 g/mol. The van der Waals surface area contributed by atoms with Crippen LogP contribution in [0.4, 0.5) is 17.1 Å². The van der Waals surface area contributed by atoms with E-state index in [-0.39, 0.29) is 11.8 Å². The van der Waals surface area contributed by atoms with Crippen LogP contribution in [0.2, 0.25) is 10.0 Å². The molecule has 1 heterocycles. The van der Waals surface area contributed by atoms with Gasteiger partial charge in [-0.15, -0.1) is 0 Å². The molecule has 2 aromatic rings. The second kappa shape index (κ2) is 7.56. The molecule has 5 nitrogen and oxygen atoms in total. The molecular weight excluding hydrogens is 373 g/mol. The van der Waals surface area contributed by atoms with Gasteiger partial charge in [-0.1, -0.05) is 23.2 Å². The van der Waals surface area contributed by atoms with Gasteiger partial charge in [-0.05, 0) is 55.3 Å². The number of carbonyl (C=O) groups excluding carboxylic acids is 2. The predicted molar refractivity (Wildman–Crippen MR) is 106 cm³/mol. The summed E-state index contributed by atoms with van der Waals surface area (Å²) in [4.78, 5) is 25.8. The van der Waals surface area contributed by atoms with Gasteiger partial charge in [0.25, 0.3) is 0 Å². The summed E-state index contributed by atoms with van der Waals surface area (Å²) in [6.45, 7) is 4.03. The van der Waals surface area contributed by atoms with Crippen LogP contribution in [0.1, 0.15) is 19.4 Å². The second-order valence-electron chi connectivity index (χ2n) is 6.24. The van der Waals surface area contributed by atoms with Gasteiger partial charge < -0.3 is 15.5 Å². The Balaban J connectivity index is 1.67. The molecule has 0 fully saturated rings. The van der Waals surface area contributed by atoms with E-state index in [9.17, 15) is 9.59 Å². The van der Waals surface area contributed by atoms with Crippen LogP contribution >= 0.6 is 23.2 Å². The molecule has 1 atom stereocenters. The van der Waals surface area contributed by atoms with Crippen LogP contribution in [-0.2, 0) is 16.0 Å². The number of rotatable bonds is 4. The van der Waals surface area contributed by atoms with Crippen LogP contribution in [0.3, 0.4) is 0 Å². The first-order valence-corrected chi connectivity index (χ1v) is 9.04. The Morgan fingerprint density at radius 2 is 1.92 bits per heavy atom. The van der Waals surface area contributed by atoms with E-state index in [4.69, 9.17) is 23.2 Å². The Morgan fingerprint density at radius 3 is 2.62 bits per heavy atom. The molecule has 0 bridgehead atoms. The molecule has 0 spiro atoms. The van der Waals surface area contributed by atoms with Crippen molar-refractivity contribution in [3.8, 4) is 0 Å². The minimum atomic E-state index is -0.467. The van der Waals surface area contributed by atoms with Crippen LogP contribution in [0, 0.1) is 0 Å². The van der Waals surface area contributed by atoms with Gasteiger partial charge in [-0.3, -0.25) is 9.59 Å². The molecule has 2 N–H and O–H groups in total. The summed E-state index contributed by atoms with van der Waals surface area (Å²) in [5.41, 5.74) is 3.38. The molecule has 3 rings (SSSR count). The Morgan fingerprint density at radius 1 is 1.15 bits per heavy atom. The smallest absolute Gasteiger partial charge is 0.246 e. The van der Waals surface area contributed by atoms with Gasteiger partial charge >= 0.3 is 0 Å². The van der Waals surface area contributed by atoms with Crippen LogP contribution in [-0.4, -0.2) is 24.4 Å². The van der Waals surface area contributed by atoms with Gasteiger partial charge in [0.15, 0.2) is 0 Å². The first kappa shape index (κ1) is 18.5. The third-order valence-corrected chi connectivity index (χ3v) is 4.87. The zero-order chi connectivity index (χ0) is 18.8. The maximum Gasteiger partial charge on any atom is 0.246 e. The topological polar surface area (TPSA) is 61.4 Å². The Labute approximate surface area is 162 Å². The molecule has 7 heteroatoms. The summed E-state index contributed by atoms with van der Waals surface area (Å²) >= 11 is 12.0. The first-order chi connectivity index (χ1) is 12.3. The number of amides is 2. The Kier molecular flexibility index (Phi) is 5.39. The number of hydrogen-bond donors (Lipinski definition) is 2. The lowest BCUT2D eigenvalue weighted by molar-refractivity contribution is -0.117. The molecule has 0 saturated carbocycles. The normalized spacial score (nSPS) is 13.9. The molecule has 1 aliphatic rings. The average Bonchev–Trinajstić information content (AvgIpc) is 3.00. The summed E-state index contributed by atoms with van der Waals surface area (Å²) < 4.78 is 0. The van der Waals surface area contributed by atoms with E-state index in [0.29, 0.717) is 22.3 Å². The molecule has 0 aromatic heterocycles. The fraction of sp³-hybridized carbons (Fsp3) is 0.263. The number of halogens is 2. The number of benzene rings is 2. The number of carbonyl (C=O) groups is 2. The van der Waals surface area contributed by atoms with Crippen molar-refractivity contribution in [1.29, 1.82) is 0 Å². The average molecular weight is 392 g/mol. The van der Waals surface area contributed by atoms with E-state index < -0.39 is 6.04 Å². The van der Waals surface area contributed by atoms with E-state index in [0.717, 1.165) is 23.4 Å². The lowest BCUT2D eigenvalue weighted by atomic mass is 10.1. The molecule has 0 radical (unpaired) electrons. The highest BCUT2D eigenvalue weighted by Gasteiger charge is 2.23. The van der Waals surface area contributed by atoms with Crippen LogP contribution in [0.5, 0.6) is 0 Å². The van der Waals surface area contributed by atoms with E-state index >= 15 is 0 Å². The van der Waals surface area contributed by atoms with Gasteiger partial charge in [-0.2, -0.15) is 0 Å². The lowest BCUT2D eigenvalue weighted by Crippen LogP contribution is -2.32. The lowest BCUT2D eigenvalue weighted by Gasteiger charge is -2.18. The molecule has 2 amide bonds. The highest BCUT2D eigenvalue weighted by Crippen LogP contribution is 2.31.